The number of hydrogen-bond acceptors (Lipinski definition) is 5. The van der Waals surface area contributed by atoms with Crippen LogP contribution in [-0.4, -0.2) is 31.8 Å². The molecular formula is C14H21NO4S. The molecule has 0 saturated heterocycles. The molecule has 112 valence electrons. The van der Waals surface area contributed by atoms with Gasteiger partial charge in [0.15, 0.2) is 9.84 Å². The van der Waals surface area contributed by atoms with Crippen molar-refractivity contribution in [2.45, 2.75) is 43.7 Å². The van der Waals surface area contributed by atoms with Gasteiger partial charge in [-0.1, -0.05) is 18.2 Å². The highest BCUT2D eigenvalue weighted by Gasteiger charge is 2.24. The van der Waals surface area contributed by atoms with E-state index in [0.29, 0.717) is 0 Å². The first-order valence-corrected chi connectivity index (χ1v) is 8.03. The predicted molar refractivity (Wildman–Crippen MR) is 76.9 cm³/mol. The molecule has 0 unspecified atom stereocenters. The second kappa shape index (κ2) is 6.37. The average molecular weight is 299 g/mol. The van der Waals surface area contributed by atoms with Crippen molar-refractivity contribution in [3.8, 4) is 0 Å². The van der Waals surface area contributed by atoms with Crippen LogP contribution in [0.25, 0.3) is 0 Å². The molecule has 1 rings (SSSR count). The summed E-state index contributed by atoms with van der Waals surface area (Å²) < 4.78 is 29.2. The summed E-state index contributed by atoms with van der Waals surface area (Å²) in [5.41, 5.74) is 5.04. The van der Waals surface area contributed by atoms with Crippen molar-refractivity contribution in [1.82, 2.24) is 0 Å². The van der Waals surface area contributed by atoms with E-state index in [0.717, 1.165) is 0 Å². The summed E-state index contributed by atoms with van der Waals surface area (Å²) >= 11 is 0. The minimum Gasteiger partial charge on any atom is -0.459 e. The van der Waals surface area contributed by atoms with Crippen LogP contribution in [0.3, 0.4) is 0 Å². The zero-order valence-electron chi connectivity index (χ0n) is 12.0. The van der Waals surface area contributed by atoms with Crippen molar-refractivity contribution in [3.05, 3.63) is 30.3 Å². The summed E-state index contributed by atoms with van der Waals surface area (Å²) in [5, 5.41) is 0. The van der Waals surface area contributed by atoms with E-state index in [-0.39, 0.29) is 17.1 Å². The first-order valence-electron chi connectivity index (χ1n) is 6.38. The molecule has 1 aromatic carbocycles. The van der Waals surface area contributed by atoms with E-state index >= 15 is 0 Å². The van der Waals surface area contributed by atoms with Crippen LogP contribution in [0.2, 0.25) is 0 Å². The summed E-state index contributed by atoms with van der Waals surface area (Å²) in [6, 6.07) is 7.16. The number of hydrogen-bond donors (Lipinski definition) is 1. The fraction of sp³-hybridized carbons (Fsp3) is 0.500. The van der Waals surface area contributed by atoms with E-state index in [9.17, 15) is 13.2 Å². The van der Waals surface area contributed by atoms with Gasteiger partial charge in [-0.15, -0.1) is 0 Å². The van der Waals surface area contributed by atoms with Crippen molar-refractivity contribution < 1.29 is 17.9 Å². The van der Waals surface area contributed by atoms with Gasteiger partial charge in [-0.3, -0.25) is 4.79 Å². The molecule has 1 atom stereocenters. The standard InChI is InChI=1S/C14H21NO4S/c1-14(2,3)19-13(16)12(15)9-10-20(17,18)11-7-5-4-6-8-11/h4-8,12H,9-10,15H2,1-3H3/t12-/m0/s1. The number of benzene rings is 1. The lowest BCUT2D eigenvalue weighted by molar-refractivity contribution is -0.156. The average Bonchev–Trinajstić information content (AvgIpc) is 2.35. The molecule has 0 aromatic heterocycles. The zero-order chi connectivity index (χ0) is 15.4. The van der Waals surface area contributed by atoms with E-state index in [4.69, 9.17) is 10.5 Å². The summed E-state index contributed by atoms with van der Waals surface area (Å²) in [7, 11) is -3.42. The van der Waals surface area contributed by atoms with Gasteiger partial charge in [0, 0.05) is 0 Å². The summed E-state index contributed by atoms with van der Waals surface area (Å²) in [6.45, 7) is 5.20. The number of carbonyl (C=O) groups is 1. The predicted octanol–water partition coefficient (Wildman–Crippen LogP) is 1.52. The van der Waals surface area contributed by atoms with Crippen LogP contribution in [0, 0.1) is 0 Å². The SMILES string of the molecule is CC(C)(C)OC(=O)[C@@H](N)CCS(=O)(=O)c1ccccc1. The summed E-state index contributed by atoms with van der Waals surface area (Å²) in [6.07, 6.45) is 0.0339. The van der Waals surface area contributed by atoms with E-state index < -0.39 is 27.4 Å². The van der Waals surface area contributed by atoms with Gasteiger partial charge in [-0.25, -0.2) is 8.42 Å². The first-order chi connectivity index (χ1) is 9.12. The minimum absolute atomic E-state index is 0.0339. The molecule has 0 aliphatic carbocycles. The second-order valence-corrected chi connectivity index (χ2v) is 7.67. The Labute approximate surface area is 120 Å². The van der Waals surface area contributed by atoms with Crippen molar-refractivity contribution in [3.63, 3.8) is 0 Å². The number of nitrogens with two attached hydrogens (primary N) is 1. The van der Waals surface area contributed by atoms with Crippen molar-refractivity contribution in [2.24, 2.45) is 5.73 Å². The van der Waals surface area contributed by atoms with Crippen molar-refractivity contribution in [2.75, 3.05) is 5.75 Å². The molecule has 0 heterocycles. The molecule has 6 heteroatoms. The lowest BCUT2D eigenvalue weighted by Crippen LogP contribution is -2.38. The molecule has 20 heavy (non-hydrogen) atoms. The number of esters is 1. The van der Waals surface area contributed by atoms with Crippen LogP contribution < -0.4 is 5.73 Å². The van der Waals surface area contributed by atoms with Gasteiger partial charge in [0.25, 0.3) is 0 Å². The number of rotatable bonds is 5. The zero-order valence-corrected chi connectivity index (χ0v) is 12.8. The molecule has 0 aliphatic heterocycles. The third-order valence-corrected chi connectivity index (χ3v) is 4.27. The Morgan fingerprint density at radius 1 is 1.25 bits per heavy atom. The topological polar surface area (TPSA) is 86.5 Å². The van der Waals surface area contributed by atoms with Crippen LogP contribution >= 0.6 is 0 Å². The third kappa shape index (κ3) is 5.30. The minimum atomic E-state index is -3.42. The lowest BCUT2D eigenvalue weighted by Gasteiger charge is -2.22. The molecule has 0 bridgehead atoms. The van der Waals surface area contributed by atoms with E-state index in [1.807, 2.05) is 0 Å². The van der Waals surface area contributed by atoms with Gasteiger partial charge < -0.3 is 10.5 Å². The molecule has 0 saturated carbocycles. The second-order valence-electron chi connectivity index (χ2n) is 5.56. The van der Waals surface area contributed by atoms with Gasteiger partial charge in [-0.2, -0.15) is 0 Å². The number of ether oxygens (including phenoxy) is 1. The van der Waals surface area contributed by atoms with Gasteiger partial charge in [-0.05, 0) is 39.3 Å². The third-order valence-electron chi connectivity index (χ3n) is 2.51. The fourth-order valence-electron chi connectivity index (χ4n) is 1.52. The van der Waals surface area contributed by atoms with Crippen LogP contribution in [0.4, 0.5) is 0 Å². The Bertz CT molecular complexity index is 546. The molecule has 0 radical (unpaired) electrons. The molecule has 0 spiro atoms. The largest absolute Gasteiger partial charge is 0.459 e. The van der Waals surface area contributed by atoms with Gasteiger partial charge in [0.2, 0.25) is 0 Å². The van der Waals surface area contributed by atoms with Gasteiger partial charge >= 0.3 is 5.97 Å². The smallest absolute Gasteiger partial charge is 0.323 e. The Morgan fingerprint density at radius 2 is 1.80 bits per heavy atom. The van der Waals surface area contributed by atoms with Crippen molar-refractivity contribution >= 4 is 15.8 Å². The maximum atomic E-state index is 12.0. The summed E-state index contributed by atoms with van der Waals surface area (Å²) in [5.74, 6) is -0.766. The Hall–Kier alpha value is -1.40. The first kappa shape index (κ1) is 16.7. The van der Waals surface area contributed by atoms with Gasteiger partial charge in [0.05, 0.1) is 10.6 Å². The highest BCUT2D eigenvalue weighted by atomic mass is 32.2. The Balaban J connectivity index is 2.61. The fourth-order valence-corrected chi connectivity index (χ4v) is 2.89. The van der Waals surface area contributed by atoms with Crippen molar-refractivity contribution in [1.29, 1.82) is 0 Å². The molecule has 5 nitrogen and oxygen atoms in total. The molecule has 0 amide bonds. The highest BCUT2D eigenvalue weighted by Crippen LogP contribution is 2.13. The lowest BCUT2D eigenvalue weighted by atomic mass is 10.2. The maximum Gasteiger partial charge on any atom is 0.323 e. The molecule has 1 aromatic rings. The van der Waals surface area contributed by atoms with E-state index in [1.165, 1.54) is 12.1 Å². The number of sulfone groups is 1. The maximum absolute atomic E-state index is 12.0. The van der Waals surface area contributed by atoms with Crippen LogP contribution in [0.15, 0.2) is 35.2 Å². The van der Waals surface area contributed by atoms with Crippen LogP contribution in [0.5, 0.6) is 0 Å². The summed E-state index contributed by atoms with van der Waals surface area (Å²) in [4.78, 5) is 11.9. The molecular weight excluding hydrogens is 278 g/mol. The van der Waals surface area contributed by atoms with Crippen LogP contribution in [-0.2, 0) is 19.4 Å². The molecule has 0 aliphatic rings. The van der Waals surface area contributed by atoms with Crippen LogP contribution in [0.1, 0.15) is 27.2 Å². The number of carbonyl (C=O) groups excluding carboxylic acids is 1. The quantitative estimate of drug-likeness (QED) is 0.833. The van der Waals surface area contributed by atoms with E-state index in [2.05, 4.69) is 0 Å². The monoisotopic (exact) mass is 299 g/mol. The van der Waals surface area contributed by atoms with E-state index in [1.54, 1.807) is 39.0 Å². The normalized spacial score (nSPS) is 13.8. The highest BCUT2D eigenvalue weighted by molar-refractivity contribution is 7.91. The Morgan fingerprint density at radius 3 is 2.30 bits per heavy atom. The molecule has 0 fully saturated rings. The van der Waals surface area contributed by atoms with Gasteiger partial charge in [0.1, 0.15) is 11.6 Å². The Kier molecular flexibility index (Phi) is 5.30. The molecule has 2 N–H and O–H groups in total.